The first-order valence-corrected chi connectivity index (χ1v) is 4.76. The van der Waals surface area contributed by atoms with Gasteiger partial charge in [0.05, 0.1) is 7.11 Å². The summed E-state index contributed by atoms with van der Waals surface area (Å²) in [5.74, 6) is 0.672. The molecule has 0 atom stereocenters. The van der Waals surface area contributed by atoms with Crippen molar-refractivity contribution in [3.8, 4) is 5.88 Å². The Kier molecular flexibility index (Phi) is 4.77. The third-order valence-electron chi connectivity index (χ3n) is 2.02. The first kappa shape index (κ1) is 11.7. The molecule has 0 aliphatic heterocycles. The van der Waals surface area contributed by atoms with Gasteiger partial charge in [0.15, 0.2) is 5.78 Å². The maximum atomic E-state index is 11.2. The number of rotatable bonds is 6. The molecule has 1 aromatic rings. The molecule has 0 fully saturated rings. The monoisotopic (exact) mass is 209 g/mol. The Labute approximate surface area is 89.2 Å². The molecule has 0 aliphatic carbocycles. The molecule has 0 radical (unpaired) electrons. The summed E-state index contributed by atoms with van der Waals surface area (Å²) in [5, 5.41) is 0. The predicted octanol–water partition coefficient (Wildman–Crippen LogP) is 1.24. The van der Waals surface area contributed by atoms with Gasteiger partial charge in [-0.3, -0.25) is 4.79 Å². The third kappa shape index (κ3) is 3.67. The Bertz CT molecular complexity index is 325. The molecule has 82 valence electrons. The second-order valence-electron chi connectivity index (χ2n) is 3.14. The molecule has 0 spiro atoms. The number of hydrogen-bond donors (Lipinski definition) is 0. The lowest BCUT2D eigenvalue weighted by Crippen LogP contribution is -2.08. The highest BCUT2D eigenvalue weighted by Gasteiger charge is 2.06. The van der Waals surface area contributed by atoms with E-state index in [0.29, 0.717) is 18.7 Å². The summed E-state index contributed by atoms with van der Waals surface area (Å²) in [5.41, 5.74) is 0.949. The lowest BCUT2D eigenvalue weighted by Gasteiger charge is -2.05. The van der Waals surface area contributed by atoms with Crippen molar-refractivity contribution < 1.29 is 14.3 Å². The van der Waals surface area contributed by atoms with Gasteiger partial charge in [0.1, 0.15) is 6.61 Å². The standard InChI is InChI=1S/C11H15NO3/c1-14-8-10(13)6-5-9-4-3-7-12-11(9)15-2/h3-4,7H,5-6,8H2,1-2H3. The van der Waals surface area contributed by atoms with Crippen LogP contribution in [0, 0.1) is 0 Å². The van der Waals surface area contributed by atoms with Gasteiger partial charge < -0.3 is 9.47 Å². The number of nitrogens with zero attached hydrogens (tertiary/aromatic N) is 1. The lowest BCUT2D eigenvalue weighted by molar-refractivity contribution is -0.122. The summed E-state index contributed by atoms with van der Waals surface area (Å²) in [7, 11) is 3.09. The Morgan fingerprint density at radius 2 is 2.27 bits per heavy atom. The van der Waals surface area contributed by atoms with Crippen molar-refractivity contribution in [3.63, 3.8) is 0 Å². The van der Waals surface area contributed by atoms with E-state index in [9.17, 15) is 4.79 Å². The zero-order valence-electron chi connectivity index (χ0n) is 9.03. The molecule has 0 N–H and O–H groups in total. The van der Waals surface area contributed by atoms with Crippen molar-refractivity contribution in [2.45, 2.75) is 12.8 Å². The number of aryl methyl sites for hydroxylation is 1. The van der Waals surface area contributed by atoms with E-state index >= 15 is 0 Å². The maximum Gasteiger partial charge on any atom is 0.216 e. The fraction of sp³-hybridized carbons (Fsp3) is 0.455. The molecule has 1 heterocycles. The Morgan fingerprint density at radius 3 is 2.93 bits per heavy atom. The highest BCUT2D eigenvalue weighted by Crippen LogP contribution is 2.15. The van der Waals surface area contributed by atoms with Crippen LogP contribution < -0.4 is 4.74 Å². The van der Waals surface area contributed by atoms with E-state index < -0.39 is 0 Å². The number of carbonyl (C=O) groups is 1. The number of hydrogen-bond acceptors (Lipinski definition) is 4. The van der Waals surface area contributed by atoms with Gasteiger partial charge in [-0.2, -0.15) is 0 Å². The number of aromatic nitrogens is 1. The number of pyridine rings is 1. The number of carbonyl (C=O) groups excluding carboxylic acids is 1. The van der Waals surface area contributed by atoms with Gasteiger partial charge in [0.2, 0.25) is 5.88 Å². The van der Waals surface area contributed by atoms with Gasteiger partial charge in [-0.15, -0.1) is 0 Å². The fourth-order valence-electron chi connectivity index (χ4n) is 1.31. The number of ether oxygens (including phenoxy) is 2. The van der Waals surface area contributed by atoms with Crippen LogP contribution in [-0.2, 0) is 16.0 Å². The summed E-state index contributed by atoms with van der Waals surface area (Å²) < 4.78 is 9.84. The second-order valence-corrected chi connectivity index (χ2v) is 3.14. The Morgan fingerprint density at radius 1 is 1.47 bits per heavy atom. The van der Waals surface area contributed by atoms with Crippen LogP contribution in [0.2, 0.25) is 0 Å². The SMILES string of the molecule is COCC(=O)CCc1cccnc1OC. The van der Waals surface area contributed by atoms with Crippen LogP contribution in [0.15, 0.2) is 18.3 Å². The topological polar surface area (TPSA) is 48.4 Å². The summed E-state index contributed by atoms with van der Waals surface area (Å²) in [6, 6.07) is 3.74. The normalized spacial score (nSPS) is 10.0. The minimum Gasteiger partial charge on any atom is -0.481 e. The largest absolute Gasteiger partial charge is 0.481 e. The molecule has 1 rings (SSSR count). The molecule has 0 amide bonds. The summed E-state index contributed by atoms with van der Waals surface area (Å²) in [4.78, 5) is 15.3. The lowest BCUT2D eigenvalue weighted by atomic mass is 10.1. The van der Waals surface area contributed by atoms with E-state index in [-0.39, 0.29) is 12.4 Å². The molecule has 0 saturated heterocycles. The van der Waals surface area contributed by atoms with Gasteiger partial charge in [-0.1, -0.05) is 6.07 Å². The van der Waals surface area contributed by atoms with Crippen molar-refractivity contribution in [2.75, 3.05) is 20.8 Å². The molecule has 0 unspecified atom stereocenters. The molecule has 4 heteroatoms. The highest BCUT2D eigenvalue weighted by molar-refractivity contribution is 5.79. The van der Waals surface area contributed by atoms with Crippen LogP contribution in [0.5, 0.6) is 5.88 Å². The second kappa shape index (κ2) is 6.14. The summed E-state index contributed by atoms with van der Waals surface area (Å²) in [6.07, 6.45) is 2.76. The molecule has 0 aromatic carbocycles. The number of ketones is 1. The van der Waals surface area contributed by atoms with Gasteiger partial charge >= 0.3 is 0 Å². The van der Waals surface area contributed by atoms with Crippen molar-refractivity contribution in [3.05, 3.63) is 23.9 Å². The maximum absolute atomic E-state index is 11.2. The van der Waals surface area contributed by atoms with E-state index in [1.54, 1.807) is 13.3 Å². The van der Waals surface area contributed by atoms with Gasteiger partial charge in [-0.25, -0.2) is 4.98 Å². The van der Waals surface area contributed by atoms with Crippen molar-refractivity contribution in [1.29, 1.82) is 0 Å². The van der Waals surface area contributed by atoms with Crippen molar-refractivity contribution in [1.82, 2.24) is 4.98 Å². The molecule has 4 nitrogen and oxygen atoms in total. The van der Waals surface area contributed by atoms with Crippen LogP contribution >= 0.6 is 0 Å². The van der Waals surface area contributed by atoms with E-state index in [4.69, 9.17) is 9.47 Å². The fourth-order valence-corrected chi connectivity index (χ4v) is 1.31. The van der Waals surface area contributed by atoms with Crippen molar-refractivity contribution >= 4 is 5.78 Å². The first-order chi connectivity index (χ1) is 7.27. The van der Waals surface area contributed by atoms with Gasteiger partial charge in [-0.05, 0) is 12.5 Å². The minimum absolute atomic E-state index is 0.0865. The van der Waals surface area contributed by atoms with Gasteiger partial charge in [0.25, 0.3) is 0 Å². The Hall–Kier alpha value is -1.42. The van der Waals surface area contributed by atoms with E-state index in [1.165, 1.54) is 7.11 Å². The quantitative estimate of drug-likeness (QED) is 0.707. The molecule has 15 heavy (non-hydrogen) atoms. The average Bonchev–Trinajstić information content (AvgIpc) is 2.27. The van der Waals surface area contributed by atoms with Crippen molar-refractivity contribution in [2.24, 2.45) is 0 Å². The van der Waals surface area contributed by atoms with E-state index in [0.717, 1.165) is 5.56 Å². The summed E-state index contributed by atoms with van der Waals surface area (Å²) in [6.45, 7) is 0.169. The van der Waals surface area contributed by atoms with Gasteiger partial charge in [0, 0.05) is 25.3 Å². The third-order valence-corrected chi connectivity index (χ3v) is 2.02. The van der Waals surface area contributed by atoms with Crippen LogP contribution in [0.25, 0.3) is 0 Å². The minimum atomic E-state index is 0.0865. The molecule has 0 bridgehead atoms. The van der Waals surface area contributed by atoms with Crippen LogP contribution in [0.3, 0.4) is 0 Å². The molecule has 0 saturated carbocycles. The Balaban J connectivity index is 2.53. The predicted molar refractivity (Wildman–Crippen MR) is 56.0 cm³/mol. The van der Waals surface area contributed by atoms with Crippen LogP contribution in [-0.4, -0.2) is 31.6 Å². The van der Waals surface area contributed by atoms with Crippen LogP contribution in [0.1, 0.15) is 12.0 Å². The number of Topliss-reactive ketones (excluding diaryl/α,β-unsaturated/α-hetero) is 1. The number of methoxy groups -OCH3 is 2. The smallest absolute Gasteiger partial charge is 0.216 e. The summed E-state index contributed by atoms with van der Waals surface area (Å²) >= 11 is 0. The highest BCUT2D eigenvalue weighted by atomic mass is 16.5. The zero-order valence-corrected chi connectivity index (χ0v) is 9.03. The average molecular weight is 209 g/mol. The van der Waals surface area contributed by atoms with E-state index in [2.05, 4.69) is 4.98 Å². The zero-order chi connectivity index (χ0) is 11.1. The molecular weight excluding hydrogens is 194 g/mol. The van der Waals surface area contributed by atoms with E-state index in [1.807, 2.05) is 12.1 Å². The molecule has 0 aliphatic rings. The molecular formula is C11H15NO3. The first-order valence-electron chi connectivity index (χ1n) is 4.76. The molecule has 1 aromatic heterocycles. The van der Waals surface area contributed by atoms with Crippen LogP contribution in [0.4, 0.5) is 0 Å².